The molecule has 0 saturated heterocycles. The molecule has 4 N–H and O–H groups in total. The fourth-order valence-electron chi connectivity index (χ4n) is 3.00. The monoisotopic (exact) mass is 350 g/mol. The summed E-state index contributed by atoms with van der Waals surface area (Å²) in [4.78, 5) is 16.3. The fraction of sp³-hybridized carbons (Fsp3) is 0.667. The molecule has 7 heteroatoms. The number of nitrogen functional groups attached to an aromatic ring is 1. The van der Waals surface area contributed by atoms with E-state index in [9.17, 15) is 4.79 Å². The molecule has 1 amide bonds. The van der Waals surface area contributed by atoms with Crippen molar-refractivity contribution in [3.05, 3.63) is 12.3 Å². The minimum absolute atomic E-state index is 0.114. The van der Waals surface area contributed by atoms with Crippen LogP contribution in [-0.2, 0) is 9.53 Å². The number of carbonyl (C=O) groups is 1. The summed E-state index contributed by atoms with van der Waals surface area (Å²) in [6.45, 7) is 4.94. The van der Waals surface area contributed by atoms with Crippen molar-refractivity contribution in [3.8, 4) is 5.88 Å². The summed E-state index contributed by atoms with van der Waals surface area (Å²) in [5.41, 5.74) is 7.45. The smallest absolute Gasteiger partial charge is 0.223 e. The van der Waals surface area contributed by atoms with Crippen molar-refractivity contribution in [3.63, 3.8) is 0 Å². The molecule has 0 radical (unpaired) electrons. The topological polar surface area (TPSA) is 98.5 Å². The molecule has 1 aliphatic rings. The first-order chi connectivity index (χ1) is 12.0. The van der Waals surface area contributed by atoms with E-state index < -0.39 is 0 Å². The van der Waals surface area contributed by atoms with Crippen LogP contribution in [0.15, 0.2) is 12.3 Å². The lowest BCUT2D eigenvalue weighted by Crippen LogP contribution is -2.38. The number of amides is 1. The first-order valence-electron chi connectivity index (χ1n) is 8.93. The van der Waals surface area contributed by atoms with Gasteiger partial charge in [-0.1, -0.05) is 0 Å². The summed E-state index contributed by atoms with van der Waals surface area (Å²) in [6.07, 6.45) is 5.26. The highest BCUT2D eigenvalue weighted by Gasteiger charge is 2.26. The molecule has 0 unspecified atom stereocenters. The predicted molar refractivity (Wildman–Crippen MR) is 98.7 cm³/mol. The highest BCUT2D eigenvalue weighted by Crippen LogP contribution is 2.29. The van der Waals surface area contributed by atoms with Gasteiger partial charge >= 0.3 is 0 Å². The molecule has 1 aliphatic carbocycles. The summed E-state index contributed by atoms with van der Waals surface area (Å²) < 4.78 is 10.5. The van der Waals surface area contributed by atoms with E-state index in [-0.39, 0.29) is 17.9 Å². The van der Waals surface area contributed by atoms with E-state index in [0.717, 1.165) is 31.4 Å². The minimum atomic E-state index is 0.114. The number of nitrogens with two attached hydrogens (primary N) is 1. The summed E-state index contributed by atoms with van der Waals surface area (Å²) in [5, 5.41) is 6.48. The van der Waals surface area contributed by atoms with Crippen molar-refractivity contribution in [2.24, 2.45) is 5.92 Å². The van der Waals surface area contributed by atoms with E-state index in [0.29, 0.717) is 30.8 Å². The fourth-order valence-corrected chi connectivity index (χ4v) is 3.00. The number of pyridine rings is 1. The molecule has 0 atom stereocenters. The Hall–Kier alpha value is -2.02. The SMILES string of the molecule is COCCOc1cc(NC2CCC(C(=O)NC(C)C)CC2)c(N)cn1. The van der Waals surface area contributed by atoms with Crippen LogP contribution < -0.4 is 21.1 Å². The number of carbonyl (C=O) groups excluding carboxylic acids is 1. The van der Waals surface area contributed by atoms with Crippen LogP contribution in [0, 0.1) is 5.92 Å². The van der Waals surface area contributed by atoms with Gasteiger partial charge in [-0.3, -0.25) is 4.79 Å². The first kappa shape index (κ1) is 19.3. The summed E-state index contributed by atoms with van der Waals surface area (Å²) in [5.74, 6) is 0.813. The summed E-state index contributed by atoms with van der Waals surface area (Å²) in [6, 6.07) is 2.32. The van der Waals surface area contributed by atoms with Gasteiger partial charge in [-0.2, -0.15) is 0 Å². The Morgan fingerprint density at radius 3 is 2.68 bits per heavy atom. The van der Waals surface area contributed by atoms with Crippen LogP contribution in [0.5, 0.6) is 5.88 Å². The van der Waals surface area contributed by atoms with E-state index in [4.69, 9.17) is 15.2 Å². The van der Waals surface area contributed by atoms with Crippen LogP contribution in [0.4, 0.5) is 11.4 Å². The molecule has 0 aromatic carbocycles. The minimum Gasteiger partial charge on any atom is -0.475 e. The first-order valence-corrected chi connectivity index (χ1v) is 8.93. The quantitative estimate of drug-likeness (QED) is 0.622. The van der Waals surface area contributed by atoms with E-state index in [2.05, 4.69) is 15.6 Å². The number of ether oxygens (including phenoxy) is 2. The summed E-state index contributed by atoms with van der Waals surface area (Å²) >= 11 is 0. The van der Waals surface area contributed by atoms with Gasteiger partial charge in [0.15, 0.2) is 0 Å². The third-order valence-electron chi connectivity index (χ3n) is 4.34. The second-order valence-electron chi connectivity index (χ2n) is 6.81. The van der Waals surface area contributed by atoms with Gasteiger partial charge in [-0.05, 0) is 39.5 Å². The van der Waals surface area contributed by atoms with Crippen LogP contribution in [0.2, 0.25) is 0 Å². The van der Waals surface area contributed by atoms with Crippen molar-refractivity contribution >= 4 is 17.3 Å². The maximum atomic E-state index is 12.1. The molecule has 1 aromatic heterocycles. The molecule has 1 saturated carbocycles. The average Bonchev–Trinajstić information content (AvgIpc) is 2.58. The van der Waals surface area contributed by atoms with Gasteiger partial charge in [0, 0.05) is 31.2 Å². The Balaban J connectivity index is 1.86. The van der Waals surface area contributed by atoms with Gasteiger partial charge in [0.1, 0.15) is 6.61 Å². The van der Waals surface area contributed by atoms with Crippen LogP contribution in [0.1, 0.15) is 39.5 Å². The zero-order valence-electron chi connectivity index (χ0n) is 15.4. The third kappa shape index (κ3) is 6.08. The number of nitrogens with zero attached hydrogens (tertiary/aromatic N) is 1. The third-order valence-corrected chi connectivity index (χ3v) is 4.34. The zero-order valence-corrected chi connectivity index (χ0v) is 15.4. The molecular weight excluding hydrogens is 320 g/mol. The second-order valence-corrected chi connectivity index (χ2v) is 6.81. The molecule has 0 aliphatic heterocycles. The Morgan fingerprint density at radius 1 is 1.32 bits per heavy atom. The van der Waals surface area contributed by atoms with Crippen LogP contribution in [-0.4, -0.2) is 43.3 Å². The maximum Gasteiger partial charge on any atom is 0.223 e. The number of anilines is 2. The molecule has 1 heterocycles. The largest absolute Gasteiger partial charge is 0.475 e. The number of hydrogen-bond donors (Lipinski definition) is 3. The van der Waals surface area contributed by atoms with Crippen LogP contribution >= 0.6 is 0 Å². The molecule has 0 spiro atoms. The summed E-state index contributed by atoms with van der Waals surface area (Å²) in [7, 11) is 1.63. The van der Waals surface area contributed by atoms with Crippen LogP contribution in [0.3, 0.4) is 0 Å². The van der Waals surface area contributed by atoms with Gasteiger partial charge in [-0.15, -0.1) is 0 Å². The van der Waals surface area contributed by atoms with Gasteiger partial charge in [0.2, 0.25) is 11.8 Å². The van der Waals surface area contributed by atoms with E-state index in [1.54, 1.807) is 13.3 Å². The lowest BCUT2D eigenvalue weighted by molar-refractivity contribution is -0.126. The highest BCUT2D eigenvalue weighted by molar-refractivity contribution is 5.79. The number of aromatic nitrogens is 1. The van der Waals surface area contributed by atoms with Crippen molar-refractivity contribution in [1.82, 2.24) is 10.3 Å². The second kappa shape index (κ2) is 9.46. The van der Waals surface area contributed by atoms with E-state index in [1.165, 1.54) is 0 Å². The van der Waals surface area contributed by atoms with Gasteiger partial charge < -0.3 is 25.8 Å². The Labute approximate surface area is 149 Å². The number of hydrogen-bond acceptors (Lipinski definition) is 6. The van der Waals surface area contributed by atoms with Gasteiger partial charge in [-0.25, -0.2) is 4.98 Å². The molecule has 1 fully saturated rings. The van der Waals surface area contributed by atoms with Gasteiger partial charge in [0.05, 0.1) is 24.2 Å². The van der Waals surface area contributed by atoms with Crippen molar-refractivity contribution in [1.29, 1.82) is 0 Å². The average molecular weight is 350 g/mol. The normalized spacial score (nSPS) is 20.3. The van der Waals surface area contributed by atoms with E-state index in [1.807, 2.05) is 19.9 Å². The molecule has 0 bridgehead atoms. The number of rotatable bonds is 8. The molecule has 140 valence electrons. The highest BCUT2D eigenvalue weighted by atomic mass is 16.5. The lowest BCUT2D eigenvalue weighted by Gasteiger charge is -2.30. The van der Waals surface area contributed by atoms with Crippen molar-refractivity contribution in [2.45, 2.75) is 51.6 Å². The molecule has 7 nitrogen and oxygen atoms in total. The number of methoxy groups -OCH3 is 1. The lowest BCUT2D eigenvalue weighted by atomic mass is 9.85. The predicted octanol–water partition coefficient (Wildman–Crippen LogP) is 2.18. The maximum absolute atomic E-state index is 12.1. The Kier molecular flexibility index (Phi) is 7.31. The zero-order chi connectivity index (χ0) is 18.2. The molecule has 1 aromatic rings. The Bertz CT molecular complexity index is 557. The molecule has 25 heavy (non-hydrogen) atoms. The molecular formula is C18H30N4O3. The van der Waals surface area contributed by atoms with E-state index >= 15 is 0 Å². The van der Waals surface area contributed by atoms with Crippen LogP contribution in [0.25, 0.3) is 0 Å². The molecule has 2 rings (SSSR count). The van der Waals surface area contributed by atoms with Gasteiger partial charge in [0.25, 0.3) is 0 Å². The van der Waals surface area contributed by atoms with Crippen molar-refractivity contribution < 1.29 is 14.3 Å². The Morgan fingerprint density at radius 2 is 2.04 bits per heavy atom. The standard InChI is InChI=1S/C18H30N4O3/c1-12(2)21-18(23)13-4-6-14(7-5-13)22-16-10-17(20-11-15(16)19)25-9-8-24-3/h10-14H,4-9,19H2,1-3H3,(H,20,22)(H,21,23). The number of nitrogens with one attached hydrogen (secondary N) is 2. The van der Waals surface area contributed by atoms with Crippen molar-refractivity contribution in [2.75, 3.05) is 31.4 Å².